The maximum absolute atomic E-state index is 11.8. The van der Waals surface area contributed by atoms with E-state index >= 15 is 0 Å². The van der Waals surface area contributed by atoms with Gasteiger partial charge in [-0.1, -0.05) is 49.9 Å². The topological polar surface area (TPSA) is 79.8 Å². The molecule has 3 rings (SSSR count). The van der Waals surface area contributed by atoms with Crippen LogP contribution in [0.2, 0.25) is 0 Å². The van der Waals surface area contributed by atoms with Gasteiger partial charge in [0.25, 0.3) is 0 Å². The highest BCUT2D eigenvalue weighted by Crippen LogP contribution is 2.31. The average Bonchev–Trinajstić information content (AvgIpc) is 3.20. The summed E-state index contributed by atoms with van der Waals surface area (Å²) in [5, 5.41) is 7.49. The summed E-state index contributed by atoms with van der Waals surface area (Å²) in [7, 11) is 0. The van der Waals surface area contributed by atoms with Crippen LogP contribution in [0.15, 0.2) is 41.7 Å². The number of amides is 2. The maximum atomic E-state index is 11.8. The van der Waals surface area contributed by atoms with Crippen molar-refractivity contribution in [3.8, 4) is 21.8 Å². The van der Waals surface area contributed by atoms with Crippen molar-refractivity contribution in [2.75, 3.05) is 12.8 Å². The normalized spacial score (nSPS) is 11.0. The summed E-state index contributed by atoms with van der Waals surface area (Å²) in [6.07, 6.45) is 4.84. The molecular formula is C22H27N5OS2. The zero-order chi connectivity index (χ0) is 21.5. The summed E-state index contributed by atoms with van der Waals surface area (Å²) in [5.74, 6) is 0.566. The second kappa shape index (κ2) is 10.5. The minimum atomic E-state index is -0.178. The van der Waals surface area contributed by atoms with E-state index in [9.17, 15) is 4.79 Å². The fourth-order valence-corrected chi connectivity index (χ4v) is 4.45. The highest BCUT2D eigenvalue weighted by Gasteiger charge is 2.14. The highest BCUT2D eigenvalue weighted by atomic mass is 32.2. The maximum Gasteiger partial charge on any atom is 0.315 e. The quantitative estimate of drug-likeness (QED) is 0.380. The van der Waals surface area contributed by atoms with E-state index in [1.807, 2.05) is 49.7 Å². The summed E-state index contributed by atoms with van der Waals surface area (Å²) >= 11 is 3.20. The van der Waals surface area contributed by atoms with Crippen molar-refractivity contribution in [3.63, 3.8) is 0 Å². The van der Waals surface area contributed by atoms with Crippen molar-refractivity contribution in [1.82, 2.24) is 25.6 Å². The molecule has 0 aliphatic carbocycles. The first-order chi connectivity index (χ1) is 14.5. The van der Waals surface area contributed by atoms with Gasteiger partial charge in [0.2, 0.25) is 0 Å². The fourth-order valence-electron chi connectivity index (χ4n) is 2.98. The Hall–Kier alpha value is -2.45. The smallest absolute Gasteiger partial charge is 0.315 e. The number of thioether (sulfide) groups is 1. The molecule has 3 aromatic rings. The van der Waals surface area contributed by atoms with Crippen molar-refractivity contribution < 1.29 is 4.79 Å². The largest absolute Gasteiger partial charge is 0.338 e. The molecule has 30 heavy (non-hydrogen) atoms. The fraction of sp³-hybridized carbons (Fsp3) is 0.364. The minimum Gasteiger partial charge on any atom is -0.338 e. The Morgan fingerprint density at radius 1 is 1.17 bits per heavy atom. The van der Waals surface area contributed by atoms with Crippen LogP contribution in [0.4, 0.5) is 4.79 Å². The second-order valence-corrected chi connectivity index (χ2v) is 9.10. The van der Waals surface area contributed by atoms with E-state index in [4.69, 9.17) is 9.97 Å². The predicted octanol–water partition coefficient (Wildman–Crippen LogP) is 5.01. The lowest BCUT2D eigenvalue weighted by Gasteiger charge is -2.12. The molecule has 0 fully saturated rings. The summed E-state index contributed by atoms with van der Waals surface area (Å²) in [4.78, 5) is 26.9. The molecule has 6 nitrogen and oxygen atoms in total. The van der Waals surface area contributed by atoms with Gasteiger partial charge in [0.05, 0.1) is 21.3 Å². The van der Waals surface area contributed by atoms with Gasteiger partial charge < -0.3 is 10.6 Å². The van der Waals surface area contributed by atoms with Gasteiger partial charge in [-0.2, -0.15) is 0 Å². The van der Waals surface area contributed by atoms with Crippen LogP contribution < -0.4 is 10.6 Å². The number of thiazole rings is 1. The van der Waals surface area contributed by atoms with Crippen LogP contribution in [0.5, 0.6) is 0 Å². The van der Waals surface area contributed by atoms with Gasteiger partial charge in [0, 0.05) is 31.3 Å². The summed E-state index contributed by atoms with van der Waals surface area (Å²) in [5.41, 5.74) is 3.71. The molecular weight excluding hydrogens is 414 g/mol. The van der Waals surface area contributed by atoms with Gasteiger partial charge >= 0.3 is 6.03 Å². The second-order valence-electron chi connectivity index (χ2n) is 7.21. The van der Waals surface area contributed by atoms with E-state index in [-0.39, 0.29) is 6.03 Å². The van der Waals surface area contributed by atoms with Crippen LogP contribution in [-0.4, -0.2) is 33.8 Å². The van der Waals surface area contributed by atoms with Gasteiger partial charge in [-0.15, -0.1) is 11.3 Å². The zero-order valence-electron chi connectivity index (χ0n) is 17.7. The van der Waals surface area contributed by atoms with Crippen LogP contribution in [0.25, 0.3) is 21.8 Å². The van der Waals surface area contributed by atoms with Crippen LogP contribution in [0.1, 0.15) is 31.3 Å². The Kier molecular flexibility index (Phi) is 7.81. The van der Waals surface area contributed by atoms with Crippen LogP contribution in [0, 0.1) is 5.92 Å². The van der Waals surface area contributed by atoms with Crippen molar-refractivity contribution in [2.24, 2.45) is 5.92 Å². The van der Waals surface area contributed by atoms with Crippen molar-refractivity contribution >= 4 is 29.1 Å². The molecule has 0 atom stereocenters. The SMILES string of the molecule is CCNC(=O)NCc1ccccc1-c1cc(-c2cnc(CC(C)C)s2)nc(SC)n1. The third-order valence-electron chi connectivity index (χ3n) is 4.35. The number of hydrogen-bond donors (Lipinski definition) is 2. The number of urea groups is 1. The molecule has 0 unspecified atom stereocenters. The van der Waals surface area contributed by atoms with Crippen LogP contribution in [-0.2, 0) is 13.0 Å². The molecule has 2 amide bonds. The summed E-state index contributed by atoms with van der Waals surface area (Å²) in [6.45, 7) is 7.30. The summed E-state index contributed by atoms with van der Waals surface area (Å²) in [6, 6.07) is 9.83. The predicted molar refractivity (Wildman–Crippen MR) is 125 cm³/mol. The number of carbonyl (C=O) groups excluding carboxylic acids is 1. The number of rotatable bonds is 8. The zero-order valence-corrected chi connectivity index (χ0v) is 19.4. The molecule has 0 bridgehead atoms. The van der Waals surface area contributed by atoms with E-state index in [2.05, 4.69) is 29.5 Å². The Bertz CT molecular complexity index is 1000. The molecule has 2 N–H and O–H groups in total. The van der Waals surface area contributed by atoms with Crippen molar-refractivity contribution in [3.05, 3.63) is 47.1 Å². The first kappa shape index (κ1) is 22.2. The highest BCUT2D eigenvalue weighted by molar-refractivity contribution is 7.98. The lowest BCUT2D eigenvalue weighted by atomic mass is 10.0. The Balaban J connectivity index is 1.94. The molecule has 8 heteroatoms. The number of hydrogen-bond acceptors (Lipinski definition) is 6. The Morgan fingerprint density at radius 2 is 1.93 bits per heavy atom. The molecule has 2 heterocycles. The van der Waals surface area contributed by atoms with Gasteiger partial charge in [-0.05, 0) is 30.7 Å². The lowest BCUT2D eigenvalue weighted by molar-refractivity contribution is 0.241. The van der Waals surface area contributed by atoms with Gasteiger partial charge in [0.1, 0.15) is 0 Å². The van der Waals surface area contributed by atoms with E-state index in [1.165, 1.54) is 11.8 Å². The molecule has 2 aromatic heterocycles. The van der Waals surface area contributed by atoms with Crippen molar-refractivity contribution in [2.45, 2.75) is 38.9 Å². The molecule has 0 saturated carbocycles. The molecule has 0 radical (unpaired) electrons. The first-order valence-corrected chi connectivity index (χ1v) is 12.0. The van der Waals surface area contributed by atoms with E-state index < -0.39 is 0 Å². The van der Waals surface area contributed by atoms with E-state index in [1.54, 1.807) is 11.3 Å². The number of nitrogens with zero attached hydrogens (tertiary/aromatic N) is 3. The monoisotopic (exact) mass is 441 g/mol. The number of nitrogens with one attached hydrogen (secondary N) is 2. The average molecular weight is 442 g/mol. The summed E-state index contributed by atoms with van der Waals surface area (Å²) < 4.78 is 0. The number of aromatic nitrogens is 3. The lowest BCUT2D eigenvalue weighted by Crippen LogP contribution is -2.34. The number of benzene rings is 1. The molecule has 158 valence electrons. The minimum absolute atomic E-state index is 0.178. The standard InChI is InChI=1S/C22H27N5OS2/c1-5-23-21(28)25-12-15-8-6-7-9-16(15)17-11-18(27-22(26-17)29-4)19-13-24-20(30-19)10-14(2)3/h6-9,11,13-14H,5,10,12H2,1-4H3,(H2,23,25,28). The van der Waals surface area contributed by atoms with Gasteiger partial charge in [0.15, 0.2) is 5.16 Å². The van der Waals surface area contributed by atoms with Crippen LogP contribution in [0.3, 0.4) is 0 Å². The Morgan fingerprint density at radius 3 is 2.67 bits per heavy atom. The van der Waals surface area contributed by atoms with Crippen LogP contribution >= 0.6 is 23.1 Å². The molecule has 1 aromatic carbocycles. The molecule has 0 aliphatic heterocycles. The molecule has 0 saturated heterocycles. The third-order valence-corrected chi connectivity index (χ3v) is 5.94. The van der Waals surface area contributed by atoms with Crippen molar-refractivity contribution in [1.29, 1.82) is 0 Å². The number of carbonyl (C=O) groups is 1. The van der Waals surface area contributed by atoms with E-state index in [0.29, 0.717) is 24.2 Å². The molecule has 0 aliphatic rings. The molecule has 0 spiro atoms. The van der Waals surface area contributed by atoms with E-state index in [0.717, 1.165) is 38.8 Å². The third kappa shape index (κ3) is 5.79. The Labute approximate surface area is 186 Å². The first-order valence-electron chi connectivity index (χ1n) is 9.98. The van der Waals surface area contributed by atoms with Gasteiger partial charge in [-0.25, -0.2) is 19.7 Å². The van der Waals surface area contributed by atoms with Gasteiger partial charge in [-0.3, -0.25) is 0 Å².